The van der Waals surface area contributed by atoms with Gasteiger partial charge in [-0.15, -0.1) is 0 Å². The molecule has 0 radical (unpaired) electrons. The van der Waals surface area contributed by atoms with Gasteiger partial charge in [-0.1, -0.05) is 66.7 Å². The maximum absolute atomic E-state index is 10.9. The lowest BCUT2D eigenvalue weighted by atomic mass is 10.1. The first-order chi connectivity index (χ1) is 14.8. The van der Waals surface area contributed by atoms with E-state index in [0.717, 1.165) is 47.6 Å². The first-order valence-corrected chi connectivity index (χ1v) is 10.4. The molecule has 0 spiro atoms. The number of hydrogen-bond acceptors (Lipinski definition) is 4. The van der Waals surface area contributed by atoms with Gasteiger partial charge in [-0.25, -0.2) is 4.98 Å². The number of imidazole rings is 1. The van der Waals surface area contributed by atoms with E-state index >= 15 is 0 Å². The first kappa shape index (κ1) is 19.0. The van der Waals surface area contributed by atoms with E-state index in [-0.39, 0.29) is 0 Å². The van der Waals surface area contributed by atoms with Crippen molar-refractivity contribution in [2.45, 2.75) is 12.8 Å². The second-order valence-electron chi connectivity index (χ2n) is 7.64. The predicted octanol–water partition coefficient (Wildman–Crippen LogP) is 4.07. The second kappa shape index (κ2) is 8.40. The highest BCUT2D eigenvalue weighted by Crippen LogP contribution is 2.29. The van der Waals surface area contributed by atoms with Crippen molar-refractivity contribution in [3.63, 3.8) is 0 Å². The molecule has 3 aromatic carbocycles. The van der Waals surface area contributed by atoms with Crippen LogP contribution in [0.25, 0.3) is 22.4 Å². The van der Waals surface area contributed by atoms with E-state index in [1.807, 2.05) is 36.4 Å². The fraction of sp³-hybridized carbons (Fsp3) is 0.240. The van der Waals surface area contributed by atoms with E-state index in [9.17, 15) is 5.11 Å². The standard InChI is InChI=1S/C25H25N3O2/c29-25(27-13-15-30-16-14-27)21-11-12-22-23(17-21)28(18-19-7-3-1-4-8-19)24(26-22)20-9-5-2-6-10-20/h1-12,17,25,29H,13-16,18H2. The molecule has 30 heavy (non-hydrogen) atoms. The van der Waals surface area contributed by atoms with Crippen LogP contribution >= 0.6 is 0 Å². The Labute approximate surface area is 176 Å². The lowest BCUT2D eigenvalue weighted by Crippen LogP contribution is -2.39. The minimum absolute atomic E-state index is 0.640. The van der Waals surface area contributed by atoms with Gasteiger partial charge in [0.05, 0.1) is 24.2 Å². The molecule has 1 aromatic heterocycles. The number of fused-ring (bicyclic) bond motifs is 1. The van der Waals surface area contributed by atoms with Gasteiger partial charge in [0.1, 0.15) is 12.1 Å². The molecule has 0 aliphatic carbocycles. The molecule has 0 saturated carbocycles. The van der Waals surface area contributed by atoms with Crippen molar-refractivity contribution in [1.82, 2.24) is 14.5 Å². The molecule has 1 unspecified atom stereocenters. The zero-order valence-corrected chi connectivity index (χ0v) is 16.8. The third kappa shape index (κ3) is 3.75. The van der Waals surface area contributed by atoms with Gasteiger partial charge < -0.3 is 14.4 Å². The largest absolute Gasteiger partial charge is 0.379 e. The number of rotatable bonds is 5. The van der Waals surface area contributed by atoms with E-state index in [2.05, 4.69) is 51.9 Å². The molecule has 1 N–H and O–H groups in total. The molecular weight excluding hydrogens is 374 g/mol. The fourth-order valence-corrected chi connectivity index (χ4v) is 4.07. The molecule has 5 nitrogen and oxygen atoms in total. The highest BCUT2D eigenvalue weighted by Gasteiger charge is 2.22. The maximum Gasteiger partial charge on any atom is 0.141 e. The number of morpholine rings is 1. The number of aliphatic hydroxyl groups excluding tert-OH is 1. The average Bonchev–Trinajstić information content (AvgIpc) is 3.18. The van der Waals surface area contributed by atoms with Crippen molar-refractivity contribution in [3.8, 4) is 11.4 Å². The van der Waals surface area contributed by atoms with Gasteiger partial charge >= 0.3 is 0 Å². The number of ether oxygens (including phenoxy) is 1. The van der Waals surface area contributed by atoms with E-state index in [1.54, 1.807) is 0 Å². The summed E-state index contributed by atoms with van der Waals surface area (Å²) in [6.45, 7) is 3.50. The van der Waals surface area contributed by atoms with Crippen LogP contribution in [0.4, 0.5) is 0 Å². The molecule has 152 valence electrons. The average molecular weight is 399 g/mol. The first-order valence-electron chi connectivity index (χ1n) is 10.4. The summed E-state index contributed by atoms with van der Waals surface area (Å²) in [6, 6.07) is 26.8. The van der Waals surface area contributed by atoms with Crippen LogP contribution in [0.2, 0.25) is 0 Å². The molecule has 0 amide bonds. The normalized spacial score (nSPS) is 16.0. The highest BCUT2D eigenvalue weighted by molar-refractivity contribution is 5.81. The van der Waals surface area contributed by atoms with Crippen molar-refractivity contribution >= 4 is 11.0 Å². The van der Waals surface area contributed by atoms with Crippen LogP contribution in [0.15, 0.2) is 78.9 Å². The molecule has 5 rings (SSSR count). The summed E-state index contributed by atoms with van der Waals surface area (Å²) >= 11 is 0. The van der Waals surface area contributed by atoms with Crippen molar-refractivity contribution in [2.24, 2.45) is 0 Å². The maximum atomic E-state index is 10.9. The Hall–Kier alpha value is -2.99. The van der Waals surface area contributed by atoms with E-state index in [1.165, 1.54) is 5.56 Å². The van der Waals surface area contributed by atoms with Gasteiger partial charge in [0.25, 0.3) is 0 Å². The lowest BCUT2D eigenvalue weighted by molar-refractivity contribution is -0.0603. The van der Waals surface area contributed by atoms with Crippen LogP contribution in [-0.2, 0) is 11.3 Å². The van der Waals surface area contributed by atoms with Gasteiger partial charge in [0.2, 0.25) is 0 Å². The monoisotopic (exact) mass is 399 g/mol. The molecule has 1 aliphatic heterocycles. The van der Waals surface area contributed by atoms with Crippen molar-refractivity contribution in [3.05, 3.63) is 90.0 Å². The molecule has 5 heteroatoms. The van der Waals surface area contributed by atoms with Crippen LogP contribution < -0.4 is 0 Å². The highest BCUT2D eigenvalue weighted by atomic mass is 16.5. The number of aliphatic hydroxyl groups is 1. The smallest absolute Gasteiger partial charge is 0.141 e. The Morgan fingerprint density at radius 1 is 0.900 bits per heavy atom. The zero-order chi connectivity index (χ0) is 20.3. The molecule has 1 saturated heterocycles. The summed E-state index contributed by atoms with van der Waals surface area (Å²) in [4.78, 5) is 7.00. The minimum atomic E-state index is -0.640. The second-order valence-corrected chi connectivity index (χ2v) is 7.64. The predicted molar refractivity (Wildman–Crippen MR) is 118 cm³/mol. The van der Waals surface area contributed by atoms with Crippen LogP contribution in [-0.4, -0.2) is 45.9 Å². The van der Waals surface area contributed by atoms with Gasteiger partial charge in [-0.3, -0.25) is 4.90 Å². The summed E-state index contributed by atoms with van der Waals surface area (Å²) in [5.74, 6) is 0.937. The topological polar surface area (TPSA) is 50.5 Å². The third-order valence-electron chi connectivity index (χ3n) is 5.68. The summed E-state index contributed by atoms with van der Waals surface area (Å²) in [5.41, 5.74) is 5.15. The summed E-state index contributed by atoms with van der Waals surface area (Å²) in [7, 11) is 0. The van der Waals surface area contributed by atoms with Crippen molar-refractivity contribution in [1.29, 1.82) is 0 Å². The molecule has 2 heterocycles. The third-order valence-corrected chi connectivity index (χ3v) is 5.68. The molecule has 0 bridgehead atoms. The van der Waals surface area contributed by atoms with Crippen molar-refractivity contribution in [2.75, 3.05) is 26.3 Å². The zero-order valence-electron chi connectivity index (χ0n) is 16.8. The van der Waals surface area contributed by atoms with Crippen LogP contribution in [0.3, 0.4) is 0 Å². The summed E-state index contributed by atoms with van der Waals surface area (Å²) in [5, 5.41) is 10.9. The minimum Gasteiger partial charge on any atom is -0.379 e. The van der Waals surface area contributed by atoms with Crippen LogP contribution in [0, 0.1) is 0 Å². The number of nitrogens with zero attached hydrogens (tertiary/aromatic N) is 3. The summed E-state index contributed by atoms with van der Waals surface area (Å²) in [6.07, 6.45) is -0.640. The summed E-state index contributed by atoms with van der Waals surface area (Å²) < 4.78 is 7.67. The number of hydrogen-bond donors (Lipinski definition) is 1. The van der Waals surface area contributed by atoms with E-state index in [0.29, 0.717) is 13.2 Å². The van der Waals surface area contributed by atoms with Crippen LogP contribution in [0.5, 0.6) is 0 Å². The fourth-order valence-electron chi connectivity index (χ4n) is 4.07. The molecule has 1 aliphatic rings. The van der Waals surface area contributed by atoms with Gasteiger partial charge in [0.15, 0.2) is 0 Å². The molecule has 4 aromatic rings. The van der Waals surface area contributed by atoms with Gasteiger partial charge in [-0.2, -0.15) is 0 Å². The molecule has 1 atom stereocenters. The quantitative estimate of drug-likeness (QED) is 0.550. The Morgan fingerprint density at radius 3 is 2.33 bits per heavy atom. The number of aromatic nitrogens is 2. The van der Waals surface area contributed by atoms with E-state index < -0.39 is 6.23 Å². The molecular formula is C25H25N3O2. The Bertz CT molecular complexity index is 1120. The lowest BCUT2D eigenvalue weighted by Gasteiger charge is -2.31. The Kier molecular flexibility index (Phi) is 5.32. The SMILES string of the molecule is OC(c1ccc2nc(-c3ccccc3)n(Cc3ccccc3)c2c1)N1CCOCC1. The van der Waals surface area contributed by atoms with Gasteiger partial charge in [0, 0.05) is 25.2 Å². The van der Waals surface area contributed by atoms with Crippen LogP contribution in [0.1, 0.15) is 17.4 Å². The van der Waals surface area contributed by atoms with Crippen molar-refractivity contribution < 1.29 is 9.84 Å². The van der Waals surface area contributed by atoms with Gasteiger partial charge in [-0.05, 0) is 23.3 Å². The molecule has 1 fully saturated rings. The Balaban J connectivity index is 1.60. The Morgan fingerprint density at radius 2 is 1.60 bits per heavy atom. The van der Waals surface area contributed by atoms with E-state index in [4.69, 9.17) is 9.72 Å². The number of benzene rings is 3.